The number of hydrogen-bond acceptors (Lipinski definition) is 4. The molecule has 1 fully saturated rings. The summed E-state index contributed by atoms with van der Waals surface area (Å²) in [5, 5.41) is 4.47. The highest BCUT2D eigenvalue weighted by atomic mass is 16.4. The van der Waals surface area contributed by atoms with Crippen LogP contribution in [-0.4, -0.2) is 30.6 Å². The first-order chi connectivity index (χ1) is 9.61. The zero-order valence-electron chi connectivity index (χ0n) is 12.0. The molecule has 1 saturated heterocycles. The third-order valence-corrected chi connectivity index (χ3v) is 3.83. The lowest BCUT2D eigenvalue weighted by Crippen LogP contribution is -2.48. The Labute approximate surface area is 118 Å². The largest absolute Gasteiger partial charge is 0.423 e. The number of benzene rings is 1. The van der Waals surface area contributed by atoms with E-state index in [1.54, 1.807) is 6.07 Å². The molecule has 0 saturated carbocycles. The molecule has 1 aliphatic rings. The van der Waals surface area contributed by atoms with Crippen molar-refractivity contribution in [3.05, 3.63) is 45.8 Å². The zero-order chi connectivity index (χ0) is 14.1. The van der Waals surface area contributed by atoms with E-state index in [2.05, 4.69) is 29.3 Å². The number of hydrogen-bond donors (Lipinski definition) is 1. The molecule has 0 amide bonds. The van der Waals surface area contributed by atoms with Gasteiger partial charge in [0.1, 0.15) is 5.58 Å². The fraction of sp³-hybridized carbons (Fsp3) is 0.438. The van der Waals surface area contributed by atoms with Gasteiger partial charge >= 0.3 is 5.63 Å². The predicted molar refractivity (Wildman–Crippen MR) is 80.0 cm³/mol. The highest BCUT2D eigenvalue weighted by molar-refractivity contribution is 5.80. The van der Waals surface area contributed by atoms with Crippen molar-refractivity contribution in [1.29, 1.82) is 0 Å². The molecule has 2 heterocycles. The van der Waals surface area contributed by atoms with E-state index < -0.39 is 0 Å². The monoisotopic (exact) mass is 272 g/mol. The van der Waals surface area contributed by atoms with Gasteiger partial charge in [-0.05, 0) is 31.0 Å². The van der Waals surface area contributed by atoms with Gasteiger partial charge in [-0.25, -0.2) is 4.79 Å². The van der Waals surface area contributed by atoms with Crippen LogP contribution in [0.4, 0.5) is 0 Å². The number of aryl methyl sites for hydroxylation is 1. The SMILES string of the molecule is Cc1ccc2c(CN3CCNC(C)C3)cc(=O)oc2c1. The van der Waals surface area contributed by atoms with Gasteiger partial charge in [0, 0.05) is 43.7 Å². The molecule has 1 aliphatic heterocycles. The topological polar surface area (TPSA) is 45.5 Å². The standard InChI is InChI=1S/C16H20N2O2/c1-11-3-4-14-13(8-16(19)20-15(14)7-11)10-18-6-5-17-12(2)9-18/h3-4,7-8,12,17H,5-6,9-10H2,1-2H3. The second kappa shape index (κ2) is 5.38. The van der Waals surface area contributed by atoms with Crippen LogP contribution < -0.4 is 10.9 Å². The molecule has 0 spiro atoms. The Kier molecular flexibility index (Phi) is 3.59. The summed E-state index contributed by atoms with van der Waals surface area (Å²) >= 11 is 0. The lowest BCUT2D eigenvalue weighted by molar-refractivity contribution is 0.200. The average Bonchev–Trinajstić information content (AvgIpc) is 2.37. The van der Waals surface area contributed by atoms with Crippen molar-refractivity contribution in [3.63, 3.8) is 0 Å². The highest BCUT2D eigenvalue weighted by Gasteiger charge is 2.17. The second-order valence-electron chi connectivity index (χ2n) is 5.68. The third kappa shape index (κ3) is 2.76. The molecular formula is C16H20N2O2. The normalized spacial score (nSPS) is 20.4. The van der Waals surface area contributed by atoms with E-state index in [0.717, 1.165) is 42.7 Å². The molecule has 1 atom stereocenters. The van der Waals surface area contributed by atoms with Crippen LogP contribution in [0, 0.1) is 6.92 Å². The molecule has 106 valence electrons. The van der Waals surface area contributed by atoms with Gasteiger partial charge in [0.2, 0.25) is 0 Å². The lowest BCUT2D eigenvalue weighted by Gasteiger charge is -2.31. The van der Waals surface area contributed by atoms with E-state index in [0.29, 0.717) is 11.6 Å². The van der Waals surface area contributed by atoms with Gasteiger partial charge in [0.25, 0.3) is 0 Å². The van der Waals surface area contributed by atoms with Crippen molar-refractivity contribution < 1.29 is 4.42 Å². The quantitative estimate of drug-likeness (QED) is 0.848. The maximum Gasteiger partial charge on any atom is 0.336 e. The van der Waals surface area contributed by atoms with Crippen molar-refractivity contribution in [2.45, 2.75) is 26.4 Å². The van der Waals surface area contributed by atoms with Crippen molar-refractivity contribution in [1.82, 2.24) is 10.2 Å². The van der Waals surface area contributed by atoms with Gasteiger partial charge in [0.15, 0.2) is 0 Å². The van der Waals surface area contributed by atoms with Crippen LogP contribution in [0.5, 0.6) is 0 Å². The maximum absolute atomic E-state index is 11.7. The summed E-state index contributed by atoms with van der Waals surface area (Å²) in [6, 6.07) is 8.17. The van der Waals surface area contributed by atoms with Gasteiger partial charge in [-0.3, -0.25) is 4.90 Å². The summed E-state index contributed by atoms with van der Waals surface area (Å²) in [6.07, 6.45) is 0. The van der Waals surface area contributed by atoms with Crippen LogP contribution in [0.15, 0.2) is 33.5 Å². The summed E-state index contributed by atoms with van der Waals surface area (Å²) in [5.74, 6) is 0. The summed E-state index contributed by atoms with van der Waals surface area (Å²) in [4.78, 5) is 14.1. The van der Waals surface area contributed by atoms with Crippen molar-refractivity contribution in [3.8, 4) is 0 Å². The second-order valence-corrected chi connectivity index (χ2v) is 5.68. The Morgan fingerprint density at radius 1 is 1.40 bits per heavy atom. The Morgan fingerprint density at radius 2 is 2.25 bits per heavy atom. The number of nitrogens with zero attached hydrogens (tertiary/aromatic N) is 1. The molecular weight excluding hydrogens is 252 g/mol. The third-order valence-electron chi connectivity index (χ3n) is 3.83. The number of fused-ring (bicyclic) bond motifs is 1. The Bertz CT molecular complexity index is 678. The molecule has 0 radical (unpaired) electrons. The molecule has 0 aliphatic carbocycles. The van der Waals surface area contributed by atoms with Gasteiger partial charge in [0.05, 0.1) is 0 Å². The maximum atomic E-state index is 11.7. The fourth-order valence-corrected chi connectivity index (χ4v) is 2.86. The molecule has 4 heteroatoms. The average molecular weight is 272 g/mol. The molecule has 3 rings (SSSR count). The van der Waals surface area contributed by atoms with Crippen LogP contribution in [0.1, 0.15) is 18.1 Å². The minimum Gasteiger partial charge on any atom is -0.423 e. The number of nitrogens with one attached hydrogen (secondary N) is 1. The van der Waals surface area contributed by atoms with E-state index in [4.69, 9.17) is 4.42 Å². The number of piperazine rings is 1. The molecule has 4 nitrogen and oxygen atoms in total. The van der Waals surface area contributed by atoms with E-state index in [1.807, 2.05) is 13.0 Å². The van der Waals surface area contributed by atoms with Gasteiger partial charge in [-0.1, -0.05) is 12.1 Å². The van der Waals surface area contributed by atoms with Crippen LogP contribution in [0.2, 0.25) is 0 Å². The van der Waals surface area contributed by atoms with Crippen LogP contribution in [-0.2, 0) is 6.54 Å². The van der Waals surface area contributed by atoms with Gasteiger partial charge < -0.3 is 9.73 Å². The Hall–Kier alpha value is -1.65. The van der Waals surface area contributed by atoms with Crippen LogP contribution >= 0.6 is 0 Å². The number of rotatable bonds is 2. The Balaban J connectivity index is 1.96. The van der Waals surface area contributed by atoms with Crippen LogP contribution in [0.25, 0.3) is 11.0 Å². The van der Waals surface area contributed by atoms with E-state index in [1.165, 1.54) is 0 Å². The van der Waals surface area contributed by atoms with E-state index in [9.17, 15) is 4.79 Å². The molecule has 1 N–H and O–H groups in total. The van der Waals surface area contributed by atoms with Crippen molar-refractivity contribution >= 4 is 11.0 Å². The highest BCUT2D eigenvalue weighted by Crippen LogP contribution is 2.20. The molecule has 2 aromatic rings. The molecule has 20 heavy (non-hydrogen) atoms. The summed E-state index contributed by atoms with van der Waals surface area (Å²) < 4.78 is 5.31. The smallest absolute Gasteiger partial charge is 0.336 e. The first kappa shape index (κ1) is 13.3. The molecule has 1 unspecified atom stereocenters. The predicted octanol–water partition coefficient (Wildman–Crippen LogP) is 1.90. The van der Waals surface area contributed by atoms with E-state index >= 15 is 0 Å². The Morgan fingerprint density at radius 3 is 3.05 bits per heavy atom. The van der Waals surface area contributed by atoms with E-state index in [-0.39, 0.29) is 5.63 Å². The summed E-state index contributed by atoms with van der Waals surface area (Å²) in [7, 11) is 0. The summed E-state index contributed by atoms with van der Waals surface area (Å²) in [6.45, 7) is 8.01. The van der Waals surface area contributed by atoms with Crippen molar-refractivity contribution in [2.24, 2.45) is 0 Å². The minimum atomic E-state index is -0.263. The first-order valence-corrected chi connectivity index (χ1v) is 7.11. The van der Waals surface area contributed by atoms with Gasteiger partial charge in [-0.2, -0.15) is 0 Å². The molecule has 0 bridgehead atoms. The molecule has 1 aromatic carbocycles. The van der Waals surface area contributed by atoms with Crippen LogP contribution in [0.3, 0.4) is 0 Å². The fourth-order valence-electron chi connectivity index (χ4n) is 2.86. The summed E-state index contributed by atoms with van der Waals surface area (Å²) in [5.41, 5.74) is 2.59. The zero-order valence-corrected chi connectivity index (χ0v) is 12.0. The van der Waals surface area contributed by atoms with Gasteiger partial charge in [-0.15, -0.1) is 0 Å². The van der Waals surface area contributed by atoms with Crippen molar-refractivity contribution in [2.75, 3.05) is 19.6 Å². The minimum absolute atomic E-state index is 0.263. The first-order valence-electron chi connectivity index (χ1n) is 7.11. The lowest BCUT2D eigenvalue weighted by atomic mass is 10.1. The molecule has 1 aromatic heterocycles.